The normalized spacial score (nSPS) is 11.2. The first-order chi connectivity index (χ1) is 30.8. The van der Waals surface area contributed by atoms with Gasteiger partial charge in [-0.2, -0.15) is 0 Å². The predicted octanol–water partition coefficient (Wildman–Crippen LogP) is 17.1. The first-order valence-electron chi connectivity index (χ1n) is 21.2. The van der Waals surface area contributed by atoms with Crippen LogP contribution < -0.4 is 4.90 Å². The molecule has 0 radical (unpaired) electrons. The largest absolute Gasteiger partial charge is 0.455 e. The molecule has 2 nitrogen and oxygen atoms in total. The molecule has 10 aromatic carbocycles. The van der Waals surface area contributed by atoms with E-state index in [0.29, 0.717) is 0 Å². The highest BCUT2D eigenvalue weighted by atomic mass is 16.3. The van der Waals surface area contributed by atoms with Crippen LogP contribution in [0.5, 0.6) is 0 Å². The molecule has 0 spiro atoms. The molecular formula is C60H41NO. The lowest BCUT2D eigenvalue weighted by Gasteiger charge is -2.28. The topological polar surface area (TPSA) is 16.4 Å². The number of anilines is 3. The zero-order valence-electron chi connectivity index (χ0n) is 34.0. The van der Waals surface area contributed by atoms with Gasteiger partial charge in [0, 0.05) is 33.3 Å². The fourth-order valence-corrected chi connectivity index (χ4v) is 9.02. The molecule has 0 atom stereocenters. The van der Waals surface area contributed by atoms with Gasteiger partial charge in [0.15, 0.2) is 0 Å². The van der Waals surface area contributed by atoms with Gasteiger partial charge in [-0.1, -0.05) is 212 Å². The third-order valence-corrected chi connectivity index (χ3v) is 11.9. The molecule has 0 N–H and O–H groups in total. The van der Waals surface area contributed by atoms with Gasteiger partial charge in [-0.15, -0.1) is 0 Å². The van der Waals surface area contributed by atoms with E-state index in [4.69, 9.17) is 4.42 Å². The third kappa shape index (κ3) is 6.74. The number of para-hydroxylation sites is 3. The molecule has 0 unspecified atom stereocenters. The van der Waals surface area contributed by atoms with Crippen LogP contribution in [0, 0.1) is 0 Å². The van der Waals surface area contributed by atoms with Crippen LogP contribution in [0.2, 0.25) is 0 Å². The van der Waals surface area contributed by atoms with Crippen LogP contribution in [0.15, 0.2) is 253 Å². The van der Waals surface area contributed by atoms with Crippen molar-refractivity contribution in [3.8, 4) is 66.8 Å². The molecule has 0 fully saturated rings. The van der Waals surface area contributed by atoms with Crippen molar-refractivity contribution in [1.82, 2.24) is 0 Å². The second-order valence-corrected chi connectivity index (χ2v) is 15.6. The predicted molar refractivity (Wildman–Crippen MR) is 261 cm³/mol. The Hall–Kier alpha value is -8.20. The van der Waals surface area contributed by atoms with Crippen molar-refractivity contribution in [2.75, 3.05) is 4.90 Å². The molecule has 0 aliphatic heterocycles. The molecule has 2 heteroatoms. The summed E-state index contributed by atoms with van der Waals surface area (Å²) in [7, 11) is 0. The highest BCUT2D eigenvalue weighted by molar-refractivity contribution is 6.09. The van der Waals surface area contributed by atoms with Crippen molar-refractivity contribution in [1.29, 1.82) is 0 Å². The molecule has 1 aromatic heterocycles. The molecule has 292 valence electrons. The van der Waals surface area contributed by atoms with Gasteiger partial charge in [0.1, 0.15) is 11.2 Å². The highest BCUT2D eigenvalue weighted by Gasteiger charge is 2.21. The Labute approximate surface area is 362 Å². The zero-order chi connectivity index (χ0) is 41.2. The summed E-state index contributed by atoms with van der Waals surface area (Å²) < 4.78 is 6.45. The van der Waals surface area contributed by atoms with E-state index in [1.165, 1.54) is 38.9 Å². The summed E-state index contributed by atoms with van der Waals surface area (Å²) in [5.41, 5.74) is 19.1. The molecule has 0 amide bonds. The lowest BCUT2D eigenvalue weighted by molar-refractivity contribution is 0.670. The minimum Gasteiger partial charge on any atom is -0.455 e. The minimum absolute atomic E-state index is 0.901. The van der Waals surface area contributed by atoms with Crippen LogP contribution in [-0.4, -0.2) is 0 Å². The molecule has 0 saturated heterocycles. The van der Waals surface area contributed by atoms with E-state index in [-0.39, 0.29) is 0 Å². The maximum atomic E-state index is 6.45. The SMILES string of the molecule is c1ccc(-c2ccccc2-c2c(-c3ccccc3)cccc2-c2ccc(N(c3ccc(-c4cccc5c4oc4ccccc45)cc3)c3ccccc3-c3ccccc3)cc2)cc1. The maximum Gasteiger partial charge on any atom is 0.143 e. The van der Waals surface area contributed by atoms with E-state index >= 15 is 0 Å². The fraction of sp³-hybridized carbons (Fsp3) is 0. The molecular weight excluding hydrogens is 751 g/mol. The van der Waals surface area contributed by atoms with Gasteiger partial charge in [-0.3, -0.25) is 0 Å². The smallest absolute Gasteiger partial charge is 0.143 e. The van der Waals surface area contributed by atoms with Crippen LogP contribution in [0.1, 0.15) is 0 Å². The Balaban J connectivity index is 1.05. The van der Waals surface area contributed by atoms with Gasteiger partial charge in [0.25, 0.3) is 0 Å². The average molecular weight is 792 g/mol. The molecule has 0 saturated carbocycles. The van der Waals surface area contributed by atoms with Crippen molar-refractivity contribution in [3.63, 3.8) is 0 Å². The maximum absolute atomic E-state index is 6.45. The first kappa shape index (κ1) is 36.8. The van der Waals surface area contributed by atoms with Gasteiger partial charge < -0.3 is 9.32 Å². The number of hydrogen-bond acceptors (Lipinski definition) is 2. The average Bonchev–Trinajstić information content (AvgIpc) is 3.74. The lowest BCUT2D eigenvalue weighted by atomic mass is 9.84. The number of fused-ring (bicyclic) bond motifs is 3. The van der Waals surface area contributed by atoms with E-state index in [1.54, 1.807) is 0 Å². The van der Waals surface area contributed by atoms with Gasteiger partial charge >= 0.3 is 0 Å². The van der Waals surface area contributed by atoms with Crippen LogP contribution in [0.4, 0.5) is 17.1 Å². The number of furan rings is 1. The quantitative estimate of drug-likeness (QED) is 0.145. The van der Waals surface area contributed by atoms with Gasteiger partial charge in [-0.25, -0.2) is 0 Å². The summed E-state index contributed by atoms with van der Waals surface area (Å²) in [4.78, 5) is 2.38. The molecule has 1 heterocycles. The van der Waals surface area contributed by atoms with Gasteiger partial charge in [-0.05, 0) is 92.0 Å². The van der Waals surface area contributed by atoms with Crippen molar-refractivity contribution in [2.45, 2.75) is 0 Å². The summed E-state index contributed by atoms with van der Waals surface area (Å²) in [6, 6.07) is 89.0. The molecule has 0 aliphatic rings. The first-order valence-corrected chi connectivity index (χ1v) is 21.2. The number of rotatable bonds is 9. The molecule has 0 aliphatic carbocycles. The van der Waals surface area contributed by atoms with Crippen molar-refractivity contribution >= 4 is 39.0 Å². The van der Waals surface area contributed by atoms with E-state index in [9.17, 15) is 0 Å². The summed E-state index contributed by atoms with van der Waals surface area (Å²) in [6.45, 7) is 0. The summed E-state index contributed by atoms with van der Waals surface area (Å²) in [5, 5.41) is 2.26. The molecule has 11 rings (SSSR count). The second-order valence-electron chi connectivity index (χ2n) is 15.6. The fourth-order valence-electron chi connectivity index (χ4n) is 9.02. The summed E-state index contributed by atoms with van der Waals surface area (Å²) in [6.07, 6.45) is 0. The highest BCUT2D eigenvalue weighted by Crippen LogP contribution is 2.46. The molecule has 11 aromatic rings. The van der Waals surface area contributed by atoms with E-state index in [0.717, 1.165) is 66.8 Å². The number of nitrogens with zero attached hydrogens (tertiary/aromatic N) is 1. The second kappa shape index (κ2) is 16.1. The van der Waals surface area contributed by atoms with Crippen LogP contribution in [0.3, 0.4) is 0 Å². The Morgan fingerprint density at radius 2 is 0.661 bits per heavy atom. The Bertz CT molecular complexity index is 3310. The van der Waals surface area contributed by atoms with E-state index in [2.05, 4.69) is 241 Å². The molecule has 62 heavy (non-hydrogen) atoms. The standard InChI is InChI=1S/C60H41NO/c1-4-18-42(19-5-1)49-24-10-11-27-55(49)59-51(44-22-8-3-9-23-44)28-16-29-52(59)45-34-38-47(39-35-45)61(57-32-14-12-25-50(57)43-20-6-2-7-21-43)48-40-36-46(37-41-48)53-30-17-31-56-54-26-13-15-33-58(54)62-60(53)56/h1-41H. The van der Waals surface area contributed by atoms with Crippen molar-refractivity contribution in [2.24, 2.45) is 0 Å². The van der Waals surface area contributed by atoms with Gasteiger partial charge in [0.05, 0.1) is 5.69 Å². The van der Waals surface area contributed by atoms with Crippen LogP contribution >= 0.6 is 0 Å². The monoisotopic (exact) mass is 791 g/mol. The summed E-state index contributed by atoms with van der Waals surface area (Å²) in [5.74, 6) is 0. The summed E-state index contributed by atoms with van der Waals surface area (Å²) >= 11 is 0. The molecule has 0 bridgehead atoms. The Morgan fingerprint density at radius 3 is 1.29 bits per heavy atom. The van der Waals surface area contributed by atoms with Gasteiger partial charge in [0.2, 0.25) is 0 Å². The number of hydrogen-bond donors (Lipinski definition) is 0. The Kier molecular flexibility index (Phi) is 9.57. The van der Waals surface area contributed by atoms with Crippen molar-refractivity contribution in [3.05, 3.63) is 249 Å². The number of benzene rings is 10. The van der Waals surface area contributed by atoms with Crippen LogP contribution in [0.25, 0.3) is 88.7 Å². The van der Waals surface area contributed by atoms with E-state index < -0.39 is 0 Å². The zero-order valence-corrected chi connectivity index (χ0v) is 34.0. The minimum atomic E-state index is 0.901. The third-order valence-electron chi connectivity index (χ3n) is 11.9. The van der Waals surface area contributed by atoms with Crippen molar-refractivity contribution < 1.29 is 4.42 Å². The Morgan fingerprint density at radius 1 is 0.258 bits per heavy atom. The van der Waals surface area contributed by atoms with Crippen LogP contribution in [-0.2, 0) is 0 Å². The van der Waals surface area contributed by atoms with E-state index in [1.807, 2.05) is 12.1 Å². The lowest BCUT2D eigenvalue weighted by Crippen LogP contribution is -2.11.